The maximum absolute atomic E-state index is 5.21. The molecule has 4 heteroatoms. The van der Waals surface area contributed by atoms with Gasteiger partial charge in [-0.3, -0.25) is 0 Å². The summed E-state index contributed by atoms with van der Waals surface area (Å²) in [5, 5.41) is 3.23. The lowest BCUT2D eigenvalue weighted by molar-refractivity contribution is 0.414. The largest absolute Gasteiger partial charge is 0.497 e. The van der Waals surface area contributed by atoms with Gasteiger partial charge >= 0.3 is 0 Å². The summed E-state index contributed by atoms with van der Waals surface area (Å²) < 4.78 is 7.29. The Kier molecular flexibility index (Phi) is 3.65. The zero-order chi connectivity index (χ0) is 12.1. The standard InChI is InChI=1S/C13H17N3O/c1-3-14-13-15-7-8-16(13)10-11-5-4-6-12(9-11)17-2/h4-9H,3,10H2,1-2H3,(H,14,15). The third-order valence-corrected chi connectivity index (χ3v) is 2.54. The van der Waals surface area contributed by atoms with Crippen LogP contribution in [0.5, 0.6) is 5.75 Å². The van der Waals surface area contributed by atoms with Crippen LogP contribution >= 0.6 is 0 Å². The van der Waals surface area contributed by atoms with E-state index in [2.05, 4.69) is 27.9 Å². The van der Waals surface area contributed by atoms with Crippen LogP contribution in [0.3, 0.4) is 0 Å². The Morgan fingerprint density at radius 3 is 3.06 bits per heavy atom. The zero-order valence-electron chi connectivity index (χ0n) is 10.2. The summed E-state index contributed by atoms with van der Waals surface area (Å²) in [7, 11) is 1.68. The second-order valence-electron chi connectivity index (χ2n) is 3.76. The van der Waals surface area contributed by atoms with Crippen molar-refractivity contribution in [3.05, 3.63) is 42.2 Å². The molecule has 1 heterocycles. The highest BCUT2D eigenvalue weighted by Gasteiger charge is 2.02. The molecular weight excluding hydrogens is 214 g/mol. The monoisotopic (exact) mass is 231 g/mol. The summed E-state index contributed by atoms with van der Waals surface area (Å²) in [6.07, 6.45) is 3.77. The molecule has 0 radical (unpaired) electrons. The minimum absolute atomic E-state index is 0.791. The fourth-order valence-corrected chi connectivity index (χ4v) is 1.73. The molecular formula is C13H17N3O. The van der Waals surface area contributed by atoms with Crippen molar-refractivity contribution in [1.82, 2.24) is 9.55 Å². The van der Waals surface area contributed by atoms with Crippen LogP contribution in [0.25, 0.3) is 0 Å². The van der Waals surface area contributed by atoms with Gasteiger partial charge in [0, 0.05) is 18.9 Å². The molecule has 2 aromatic rings. The van der Waals surface area contributed by atoms with Crippen molar-refractivity contribution in [2.24, 2.45) is 0 Å². The summed E-state index contributed by atoms with van der Waals surface area (Å²) in [6.45, 7) is 3.72. The summed E-state index contributed by atoms with van der Waals surface area (Å²) in [5.41, 5.74) is 1.20. The van der Waals surface area contributed by atoms with E-state index in [-0.39, 0.29) is 0 Å². The molecule has 17 heavy (non-hydrogen) atoms. The molecule has 0 aliphatic carbocycles. The number of anilines is 1. The minimum atomic E-state index is 0.791. The molecule has 1 aromatic heterocycles. The van der Waals surface area contributed by atoms with Gasteiger partial charge in [0.15, 0.2) is 0 Å². The fourth-order valence-electron chi connectivity index (χ4n) is 1.73. The maximum atomic E-state index is 5.21. The van der Waals surface area contributed by atoms with Crippen LogP contribution in [0, 0.1) is 0 Å². The Bertz CT molecular complexity index is 479. The first kappa shape index (κ1) is 11.5. The van der Waals surface area contributed by atoms with E-state index in [0.29, 0.717) is 0 Å². The summed E-state index contributed by atoms with van der Waals surface area (Å²) in [6, 6.07) is 8.06. The summed E-state index contributed by atoms with van der Waals surface area (Å²) in [5.74, 6) is 1.78. The van der Waals surface area contributed by atoms with Crippen molar-refractivity contribution in [1.29, 1.82) is 0 Å². The Morgan fingerprint density at radius 2 is 2.29 bits per heavy atom. The molecule has 1 aromatic carbocycles. The highest BCUT2D eigenvalue weighted by Crippen LogP contribution is 2.15. The van der Waals surface area contributed by atoms with Gasteiger partial charge in [0.25, 0.3) is 0 Å². The van der Waals surface area contributed by atoms with Crippen LogP contribution in [-0.4, -0.2) is 23.2 Å². The molecule has 0 amide bonds. The van der Waals surface area contributed by atoms with E-state index < -0.39 is 0 Å². The number of ether oxygens (including phenoxy) is 1. The first-order chi connectivity index (χ1) is 8.33. The Morgan fingerprint density at radius 1 is 1.41 bits per heavy atom. The van der Waals surface area contributed by atoms with Crippen LogP contribution in [0.2, 0.25) is 0 Å². The number of nitrogens with zero attached hydrogens (tertiary/aromatic N) is 2. The predicted molar refractivity (Wildman–Crippen MR) is 68.5 cm³/mol. The highest BCUT2D eigenvalue weighted by atomic mass is 16.5. The van der Waals surface area contributed by atoms with Gasteiger partial charge < -0.3 is 14.6 Å². The Hall–Kier alpha value is -1.97. The van der Waals surface area contributed by atoms with Crippen molar-refractivity contribution < 1.29 is 4.74 Å². The van der Waals surface area contributed by atoms with Crippen LogP contribution in [0.1, 0.15) is 12.5 Å². The number of rotatable bonds is 5. The molecule has 4 nitrogen and oxygen atoms in total. The normalized spacial score (nSPS) is 10.2. The van der Waals surface area contributed by atoms with E-state index >= 15 is 0 Å². The lowest BCUT2D eigenvalue weighted by Crippen LogP contribution is -2.07. The van der Waals surface area contributed by atoms with Crippen LogP contribution < -0.4 is 10.1 Å². The minimum Gasteiger partial charge on any atom is -0.497 e. The van der Waals surface area contributed by atoms with Gasteiger partial charge in [-0.25, -0.2) is 4.98 Å². The smallest absolute Gasteiger partial charge is 0.203 e. The molecule has 0 saturated heterocycles. The van der Waals surface area contributed by atoms with Crippen LogP contribution in [0.4, 0.5) is 5.95 Å². The van der Waals surface area contributed by atoms with Crippen molar-refractivity contribution in [3.63, 3.8) is 0 Å². The molecule has 0 saturated carbocycles. The van der Waals surface area contributed by atoms with E-state index in [4.69, 9.17) is 4.74 Å². The summed E-state index contributed by atoms with van der Waals surface area (Å²) in [4.78, 5) is 4.27. The van der Waals surface area contributed by atoms with E-state index in [1.165, 1.54) is 5.56 Å². The number of hydrogen-bond acceptors (Lipinski definition) is 3. The van der Waals surface area contributed by atoms with E-state index in [1.54, 1.807) is 13.3 Å². The van der Waals surface area contributed by atoms with Crippen molar-refractivity contribution in [2.45, 2.75) is 13.5 Å². The number of benzene rings is 1. The predicted octanol–water partition coefficient (Wildman–Crippen LogP) is 2.37. The van der Waals surface area contributed by atoms with Gasteiger partial charge in [-0.05, 0) is 24.6 Å². The zero-order valence-corrected chi connectivity index (χ0v) is 10.2. The molecule has 0 aliphatic rings. The average molecular weight is 231 g/mol. The highest BCUT2D eigenvalue weighted by molar-refractivity contribution is 5.31. The molecule has 0 spiro atoms. The van der Waals surface area contributed by atoms with Crippen LogP contribution in [0.15, 0.2) is 36.7 Å². The van der Waals surface area contributed by atoms with Crippen molar-refractivity contribution in [2.75, 3.05) is 19.0 Å². The van der Waals surface area contributed by atoms with Gasteiger partial charge in [-0.15, -0.1) is 0 Å². The average Bonchev–Trinajstić information content (AvgIpc) is 2.78. The third-order valence-electron chi connectivity index (χ3n) is 2.54. The van der Waals surface area contributed by atoms with E-state index in [1.807, 2.05) is 24.4 Å². The van der Waals surface area contributed by atoms with Gasteiger partial charge in [-0.1, -0.05) is 12.1 Å². The number of methoxy groups -OCH3 is 1. The second kappa shape index (κ2) is 5.39. The molecule has 90 valence electrons. The molecule has 1 N–H and O–H groups in total. The number of aromatic nitrogens is 2. The lowest BCUT2D eigenvalue weighted by Gasteiger charge is -2.09. The SMILES string of the molecule is CCNc1nccn1Cc1cccc(OC)c1. The summed E-state index contributed by atoms with van der Waals surface area (Å²) >= 11 is 0. The van der Waals surface area contributed by atoms with Gasteiger partial charge in [0.2, 0.25) is 5.95 Å². The molecule has 0 aliphatic heterocycles. The topological polar surface area (TPSA) is 39.1 Å². The quantitative estimate of drug-likeness (QED) is 0.858. The van der Waals surface area contributed by atoms with Crippen LogP contribution in [-0.2, 0) is 6.54 Å². The first-order valence-corrected chi connectivity index (χ1v) is 5.71. The fraction of sp³-hybridized carbons (Fsp3) is 0.308. The molecule has 0 fully saturated rings. The van der Waals surface area contributed by atoms with E-state index in [9.17, 15) is 0 Å². The second-order valence-corrected chi connectivity index (χ2v) is 3.76. The van der Waals surface area contributed by atoms with Gasteiger partial charge in [-0.2, -0.15) is 0 Å². The van der Waals surface area contributed by atoms with Gasteiger partial charge in [0.1, 0.15) is 5.75 Å². The molecule has 0 atom stereocenters. The molecule has 0 bridgehead atoms. The van der Waals surface area contributed by atoms with Crippen molar-refractivity contribution in [3.8, 4) is 5.75 Å². The number of nitrogens with one attached hydrogen (secondary N) is 1. The maximum Gasteiger partial charge on any atom is 0.203 e. The molecule has 2 rings (SSSR count). The number of hydrogen-bond donors (Lipinski definition) is 1. The first-order valence-electron chi connectivity index (χ1n) is 5.71. The number of imidazole rings is 1. The van der Waals surface area contributed by atoms with E-state index in [0.717, 1.165) is 24.8 Å². The van der Waals surface area contributed by atoms with Crippen molar-refractivity contribution >= 4 is 5.95 Å². The van der Waals surface area contributed by atoms with Gasteiger partial charge in [0.05, 0.1) is 13.7 Å². The lowest BCUT2D eigenvalue weighted by atomic mass is 10.2. The Labute approximate surface area is 101 Å². The Balaban J connectivity index is 2.16. The molecule has 0 unspecified atom stereocenters. The third kappa shape index (κ3) is 2.78.